The van der Waals surface area contributed by atoms with Gasteiger partial charge in [0.15, 0.2) is 0 Å². The number of hydrogen-bond acceptors (Lipinski definition) is 4. The van der Waals surface area contributed by atoms with Crippen molar-refractivity contribution in [2.45, 2.75) is 117 Å². The number of fused-ring (bicyclic) bond motifs is 5. The summed E-state index contributed by atoms with van der Waals surface area (Å²) < 4.78 is 11.7. The van der Waals surface area contributed by atoms with Gasteiger partial charge in [-0.15, -0.1) is 0 Å². The minimum Gasteiger partial charge on any atom is -0.462 e. The molecule has 0 N–H and O–H groups in total. The zero-order valence-electron chi connectivity index (χ0n) is 20.1. The van der Waals surface area contributed by atoms with E-state index in [0.717, 1.165) is 51.4 Å². The number of hydrogen-bond donors (Lipinski definition) is 0. The highest BCUT2D eigenvalue weighted by atomic mass is 16.5. The highest BCUT2D eigenvalue weighted by Gasteiger charge is 2.59. The van der Waals surface area contributed by atoms with Crippen LogP contribution in [0.5, 0.6) is 0 Å². The molecular formula is C27H42O4. The molecule has 7 atom stereocenters. The predicted octanol–water partition coefficient (Wildman–Crippen LogP) is 6.37. The van der Waals surface area contributed by atoms with E-state index in [1.165, 1.54) is 31.8 Å². The SMILES string of the molecule is CCCCCC(=O)OC1CC[C@H]2[C@@H]3CC=C4CC(OC(C)=O)CC[C@]4(C)[C@H]3CC[C@]12C. The highest BCUT2D eigenvalue weighted by Crippen LogP contribution is 2.65. The molecule has 4 aliphatic rings. The summed E-state index contributed by atoms with van der Waals surface area (Å²) in [6.07, 6.45) is 15.2. The second-order valence-electron chi connectivity index (χ2n) is 11.3. The number of allylic oxidation sites excluding steroid dienone is 1. The summed E-state index contributed by atoms with van der Waals surface area (Å²) in [5.41, 5.74) is 1.92. The number of rotatable bonds is 6. The normalized spacial score (nSPS) is 41.4. The zero-order chi connectivity index (χ0) is 22.2. The molecule has 0 aromatic heterocycles. The third-order valence-corrected chi connectivity index (χ3v) is 9.56. The van der Waals surface area contributed by atoms with Gasteiger partial charge in [0.2, 0.25) is 0 Å². The molecule has 2 unspecified atom stereocenters. The Kier molecular flexibility index (Phi) is 6.57. The highest BCUT2D eigenvalue weighted by molar-refractivity contribution is 5.69. The van der Waals surface area contributed by atoms with Gasteiger partial charge in [0, 0.05) is 25.2 Å². The minimum absolute atomic E-state index is 0.0176. The van der Waals surface area contributed by atoms with Gasteiger partial charge < -0.3 is 9.47 Å². The summed E-state index contributed by atoms with van der Waals surface area (Å²) in [4.78, 5) is 23.9. The molecule has 4 rings (SSSR count). The van der Waals surface area contributed by atoms with Crippen molar-refractivity contribution in [3.63, 3.8) is 0 Å². The van der Waals surface area contributed by atoms with Crippen molar-refractivity contribution >= 4 is 11.9 Å². The maximum atomic E-state index is 12.5. The molecule has 0 bridgehead atoms. The minimum atomic E-state index is -0.155. The van der Waals surface area contributed by atoms with E-state index in [9.17, 15) is 9.59 Å². The molecule has 0 aromatic rings. The second-order valence-corrected chi connectivity index (χ2v) is 11.3. The van der Waals surface area contributed by atoms with Crippen LogP contribution in [0.1, 0.15) is 105 Å². The summed E-state index contributed by atoms with van der Waals surface area (Å²) in [5, 5.41) is 0. The molecule has 4 nitrogen and oxygen atoms in total. The summed E-state index contributed by atoms with van der Waals surface area (Å²) >= 11 is 0. The summed E-state index contributed by atoms with van der Waals surface area (Å²) in [6, 6.07) is 0. The molecule has 0 heterocycles. The van der Waals surface area contributed by atoms with Gasteiger partial charge in [0.1, 0.15) is 12.2 Å². The van der Waals surface area contributed by atoms with Crippen LogP contribution in [0.2, 0.25) is 0 Å². The average molecular weight is 431 g/mol. The molecule has 0 radical (unpaired) electrons. The summed E-state index contributed by atoms with van der Waals surface area (Å²) in [5.74, 6) is 1.92. The molecule has 31 heavy (non-hydrogen) atoms. The lowest BCUT2D eigenvalue weighted by Gasteiger charge is -2.57. The van der Waals surface area contributed by atoms with Crippen LogP contribution >= 0.6 is 0 Å². The first-order valence-corrected chi connectivity index (χ1v) is 12.8. The molecule has 0 spiro atoms. The fourth-order valence-corrected chi connectivity index (χ4v) is 7.85. The largest absolute Gasteiger partial charge is 0.462 e. The van der Waals surface area contributed by atoms with Gasteiger partial charge >= 0.3 is 11.9 Å². The molecule has 3 fully saturated rings. The van der Waals surface area contributed by atoms with Crippen LogP contribution in [0.15, 0.2) is 11.6 Å². The van der Waals surface area contributed by atoms with E-state index >= 15 is 0 Å². The van der Waals surface area contributed by atoms with Gasteiger partial charge in [-0.1, -0.05) is 45.3 Å². The lowest BCUT2D eigenvalue weighted by Crippen LogP contribution is -2.51. The standard InChI is InChI=1S/C27H42O4/c1-5-6-7-8-25(29)31-24-12-11-22-21-10-9-19-17-20(30-18(2)28)13-15-26(19,3)23(21)14-16-27(22,24)4/h9,20-24H,5-8,10-17H2,1-4H3/t20?,21-,22-,23-,24?,26-,27-/m0/s1. The van der Waals surface area contributed by atoms with E-state index in [-0.39, 0.29) is 35.0 Å². The molecule has 4 aliphatic carbocycles. The van der Waals surface area contributed by atoms with Crippen LogP contribution in [-0.4, -0.2) is 24.1 Å². The Bertz CT molecular complexity index is 727. The van der Waals surface area contributed by atoms with Crippen LogP contribution < -0.4 is 0 Å². The van der Waals surface area contributed by atoms with E-state index < -0.39 is 0 Å². The van der Waals surface area contributed by atoms with Crippen molar-refractivity contribution in [2.75, 3.05) is 0 Å². The second kappa shape index (κ2) is 8.90. The van der Waals surface area contributed by atoms with Crippen LogP contribution in [0, 0.1) is 28.6 Å². The van der Waals surface area contributed by atoms with Gasteiger partial charge in [-0.3, -0.25) is 9.59 Å². The molecule has 0 aromatic carbocycles. The van der Waals surface area contributed by atoms with Gasteiger partial charge in [-0.25, -0.2) is 0 Å². The van der Waals surface area contributed by atoms with Crippen molar-refractivity contribution in [3.05, 3.63) is 11.6 Å². The zero-order valence-corrected chi connectivity index (χ0v) is 20.1. The number of esters is 2. The molecule has 174 valence electrons. The number of unbranched alkanes of at least 4 members (excludes halogenated alkanes) is 2. The van der Waals surface area contributed by atoms with Crippen LogP contribution in [0.25, 0.3) is 0 Å². The quantitative estimate of drug-likeness (QED) is 0.279. The molecule has 0 saturated heterocycles. The Balaban J connectivity index is 1.45. The maximum absolute atomic E-state index is 12.5. The Hall–Kier alpha value is -1.32. The lowest BCUT2D eigenvalue weighted by molar-refractivity contribution is -0.159. The monoisotopic (exact) mass is 430 g/mol. The number of ether oxygens (including phenoxy) is 2. The third-order valence-electron chi connectivity index (χ3n) is 9.56. The topological polar surface area (TPSA) is 52.6 Å². The maximum Gasteiger partial charge on any atom is 0.306 e. The van der Waals surface area contributed by atoms with Crippen molar-refractivity contribution < 1.29 is 19.1 Å². The van der Waals surface area contributed by atoms with Gasteiger partial charge in [0.05, 0.1) is 0 Å². The van der Waals surface area contributed by atoms with Crippen molar-refractivity contribution in [2.24, 2.45) is 28.6 Å². The molecular weight excluding hydrogens is 388 g/mol. The number of carbonyl (C=O) groups is 2. The molecule has 3 saturated carbocycles. The lowest BCUT2D eigenvalue weighted by atomic mass is 9.48. The Morgan fingerprint density at radius 3 is 2.58 bits per heavy atom. The van der Waals surface area contributed by atoms with Gasteiger partial charge in [0.25, 0.3) is 0 Å². The summed E-state index contributed by atoms with van der Waals surface area (Å²) in [7, 11) is 0. The summed E-state index contributed by atoms with van der Waals surface area (Å²) in [6.45, 7) is 8.57. The first-order chi connectivity index (χ1) is 14.8. The van der Waals surface area contributed by atoms with Gasteiger partial charge in [-0.2, -0.15) is 0 Å². The Morgan fingerprint density at radius 1 is 1.03 bits per heavy atom. The van der Waals surface area contributed by atoms with E-state index in [2.05, 4.69) is 26.8 Å². The Labute approximate surface area is 188 Å². The molecule has 0 aliphatic heterocycles. The fraction of sp³-hybridized carbons (Fsp3) is 0.852. The first-order valence-electron chi connectivity index (χ1n) is 12.8. The van der Waals surface area contributed by atoms with E-state index in [1.807, 2.05) is 0 Å². The molecule has 4 heteroatoms. The predicted molar refractivity (Wildman–Crippen MR) is 121 cm³/mol. The Morgan fingerprint density at radius 2 is 1.84 bits per heavy atom. The van der Waals surface area contributed by atoms with Crippen LogP contribution in [-0.2, 0) is 19.1 Å². The average Bonchev–Trinajstić information content (AvgIpc) is 3.04. The van der Waals surface area contributed by atoms with E-state index in [0.29, 0.717) is 24.2 Å². The van der Waals surface area contributed by atoms with Crippen LogP contribution in [0.3, 0.4) is 0 Å². The molecule has 0 amide bonds. The van der Waals surface area contributed by atoms with Crippen molar-refractivity contribution in [3.8, 4) is 0 Å². The first kappa shape index (κ1) is 22.9. The van der Waals surface area contributed by atoms with Gasteiger partial charge in [-0.05, 0) is 74.5 Å². The van der Waals surface area contributed by atoms with E-state index in [4.69, 9.17) is 9.47 Å². The smallest absolute Gasteiger partial charge is 0.306 e. The van der Waals surface area contributed by atoms with Crippen molar-refractivity contribution in [1.82, 2.24) is 0 Å². The van der Waals surface area contributed by atoms with Crippen LogP contribution in [0.4, 0.5) is 0 Å². The number of carbonyl (C=O) groups excluding carboxylic acids is 2. The third kappa shape index (κ3) is 4.20. The van der Waals surface area contributed by atoms with Crippen molar-refractivity contribution in [1.29, 1.82) is 0 Å². The fourth-order valence-electron chi connectivity index (χ4n) is 7.85. The van der Waals surface area contributed by atoms with E-state index in [1.54, 1.807) is 0 Å².